The van der Waals surface area contributed by atoms with Crippen LogP contribution in [0.3, 0.4) is 0 Å². The van der Waals surface area contributed by atoms with E-state index >= 15 is 0 Å². The molecule has 0 N–H and O–H groups in total. The summed E-state index contributed by atoms with van der Waals surface area (Å²) < 4.78 is 71.3. The fraction of sp³-hybridized carbons (Fsp3) is 0.417. The standard InChI is InChI=1S/C24H27Cl3O10S2/c1-4-38(30,31)14-18(37-16(3)29)13-35-24-8-6-20(10-22(24)27)39(32,33)19-5-7-23(21(26)9-19)34-12-17(11-25)36-15(2)28/h5-10,17-18H,4,11-14H2,1-3H3/t17-,18-/m1/s1. The lowest BCUT2D eigenvalue weighted by Crippen LogP contribution is -2.32. The van der Waals surface area contributed by atoms with Crippen molar-refractivity contribution in [2.24, 2.45) is 0 Å². The molecule has 0 saturated carbocycles. The van der Waals surface area contributed by atoms with E-state index in [9.17, 15) is 26.4 Å². The number of halogens is 3. The second-order valence-electron chi connectivity index (χ2n) is 8.13. The highest BCUT2D eigenvalue weighted by Crippen LogP contribution is 2.33. The summed E-state index contributed by atoms with van der Waals surface area (Å²) in [7, 11) is -7.53. The minimum Gasteiger partial charge on any atom is -0.488 e. The Balaban J connectivity index is 2.18. The third-order valence-corrected chi connectivity index (χ3v) is 9.44. The maximum absolute atomic E-state index is 13.2. The maximum Gasteiger partial charge on any atom is 0.303 e. The lowest BCUT2D eigenvalue weighted by molar-refractivity contribution is -0.147. The van der Waals surface area contributed by atoms with Gasteiger partial charge in [0.15, 0.2) is 9.84 Å². The molecule has 0 fully saturated rings. The molecule has 2 rings (SSSR count). The number of benzene rings is 2. The van der Waals surface area contributed by atoms with Gasteiger partial charge in [0.1, 0.15) is 36.9 Å². The number of hydrogen-bond donors (Lipinski definition) is 0. The molecule has 0 spiro atoms. The third kappa shape index (κ3) is 10.0. The number of carbonyl (C=O) groups is 2. The molecule has 0 aromatic heterocycles. The Morgan fingerprint density at radius 2 is 1.23 bits per heavy atom. The highest BCUT2D eigenvalue weighted by molar-refractivity contribution is 7.91. The van der Waals surface area contributed by atoms with Gasteiger partial charge in [-0.25, -0.2) is 16.8 Å². The fourth-order valence-electron chi connectivity index (χ4n) is 3.13. The van der Waals surface area contributed by atoms with Gasteiger partial charge >= 0.3 is 11.9 Å². The van der Waals surface area contributed by atoms with Crippen LogP contribution in [0.1, 0.15) is 20.8 Å². The molecular formula is C24H27Cl3O10S2. The van der Waals surface area contributed by atoms with E-state index in [1.54, 1.807) is 0 Å². The van der Waals surface area contributed by atoms with Crippen LogP contribution < -0.4 is 9.47 Å². The zero-order valence-corrected chi connectivity index (χ0v) is 25.1. The lowest BCUT2D eigenvalue weighted by Gasteiger charge is -2.18. The Kier molecular flexibility index (Phi) is 12.2. The van der Waals surface area contributed by atoms with E-state index in [2.05, 4.69) is 0 Å². The van der Waals surface area contributed by atoms with Crippen molar-refractivity contribution in [3.8, 4) is 11.5 Å². The van der Waals surface area contributed by atoms with Crippen molar-refractivity contribution in [2.75, 3.05) is 30.6 Å². The van der Waals surface area contributed by atoms with Crippen molar-refractivity contribution in [3.63, 3.8) is 0 Å². The summed E-state index contributed by atoms with van der Waals surface area (Å²) in [6, 6.07) is 7.56. The molecule has 0 aliphatic carbocycles. The molecule has 0 unspecified atom stereocenters. The van der Waals surface area contributed by atoms with Crippen LogP contribution in [-0.4, -0.2) is 71.6 Å². The highest BCUT2D eigenvalue weighted by atomic mass is 35.5. The van der Waals surface area contributed by atoms with Crippen LogP contribution in [0.25, 0.3) is 0 Å². The van der Waals surface area contributed by atoms with Gasteiger partial charge in [0.2, 0.25) is 9.84 Å². The average molecular weight is 646 g/mol. The fourth-order valence-corrected chi connectivity index (χ4v) is 6.16. The SMILES string of the molecule is CCS(=O)(=O)C[C@@H](COc1ccc(S(=O)(=O)c2ccc(OC[C@@H](CCl)OC(C)=O)c(Cl)c2)cc1Cl)OC(C)=O. The first-order valence-corrected chi connectivity index (χ1v) is 16.0. The quantitative estimate of drug-likeness (QED) is 0.218. The first-order valence-electron chi connectivity index (χ1n) is 11.4. The van der Waals surface area contributed by atoms with Gasteiger partial charge in [-0.15, -0.1) is 11.6 Å². The van der Waals surface area contributed by atoms with Gasteiger partial charge in [-0.3, -0.25) is 9.59 Å². The summed E-state index contributed by atoms with van der Waals surface area (Å²) in [5, 5.41) is -0.0727. The molecule has 0 aliphatic heterocycles. The van der Waals surface area contributed by atoms with Crippen LogP contribution in [0.4, 0.5) is 0 Å². The Labute approximate surface area is 242 Å². The molecule has 39 heavy (non-hydrogen) atoms. The van der Waals surface area contributed by atoms with Gasteiger partial charge in [0, 0.05) is 19.6 Å². The monoisotopic (exact) mass is 644 g/mol. The second kappa shape index (κ2) is 14.4. The molecule has 216 valence electrons. The molecule has 0 amide bonds. The zero-order valence-electron chi connectivity index (χ0n) is 21.2. The van der Waals surface area contributed by atoms with Gasteiger partial charge in [0.05, 0.1) is 31.5 Å². The maximum atomic E-state index is 13.2. The summed E-state index contributed by atoms with van der Waals surface area (Å²) in [6.45, 7) is 3.44. The van der Waals surface area contributed by atoms with Crippen molar-refractivity contribution in [1.82, 2.24) is 0 Å². The van der Waals surface area contributed by atoms with Crippen LogP contribution >= 0.6 is 34.8 Å². The number of sulfone groups is 2. The topological polar surface area (TPSA) is 139 Å². The van der Waals surface area contributed by atoms with Crippen molar-refractivity contribution >= 4 is 66.4 Å². The zero-order chi connectivity index (χ0) is 29.4. The average Bonchev–Trinajstić information content (AvgIpc) is 2.85. The summed E-state index contributed by atoms with van der Waals surface area (Å²) in [5.74, 6) is -1.58. The first-order chi connectivity index (χ1) is 18.2. The summed E-state index contributed by atoms with van der Waals surface area (Å²) in [4.78, 5) is 22.2. The van der Waals surface area contributed by atoms with E-state index in [0.717, 1.165) is 6.92 Å². The third-order valence-electron chi connectivity index (χ3n) is 4.99. The van der Waals surface area contributed by atoms with E-state index < -0.39 is 49.6 Å². The minimum atomic E-state index is -4.06. The molecule has 0 aliphatic rings. The Morgan fingerprint density at radius 1 is 0.795 bits per heavy atom. The molecule has 2 atom stereocenters. The van der Waals surface area contributed by atoms with E-state index in [1.165, 1.54) is 50.2 Å². The van der Waals surface area contributed by atoms with Gasteiger partial charge in [0.25, 0.3) is 0 Å². The summed E-state index contributed by atoms with van der Waals surface area (Å²) >= 11 is 18.2. The van der Waals surface area contributed by atoms with Crippen LogP contribution in [-0.2, 0) is 38.7 Å². The number of rotatable bonds is 14. The van der Waals surface area contributed by atoms with Crippen molar-refractivity contribution in [2.45, 2.75) is 42.8 Å². The number of ether oxygens (including phenoxy) is 4. The molecule has 0 radical (unpaired) electrons. The van der Waals surface area contributed by atoms with Crippen molar-refractivity contribution < 1.29 is 45.4 Å². The second-order valence-corrected chi connectivity index (χ2v) is 13.6. The summed E-state index contributed by atoms with van der Waals surface area (Å²) in [6.07, 6.45) is -1.80. The van der Waals surface area contributed by atoms with E-state index in [4.69, 9.17) is 53.8 Å². The summed E-state index contributed by atoms with van der Waals surface area (Å²) in [5.41, 5.74) is 0. The smallest absolute Gasteiger partial charge is 0.303 e. The molecular weight excluding hydrogens is 619 g/mol. The first kappa shape index (κ1) is 33.0. The molecule has 0 saturated heterocycles. The van der Waals surface area contributed by atoms with Gasteiger partial charge < -0.3 is 18.9 Å². The van der Waals surface area contributed by atoms with Gasteiger partial charge in [-0.2, -0.15) is 0 Å². The predicted octanol–water partition coefficient (Wildman–Crippen LogP) is 4.12. The normalized spacial score (nSPS) is 13.3. The molecule has 0 heterocycles. The van der Waals surface area contributed by atoms with Crippen LogP contribution in [0.15, 0.2) is 46.2 Å². The highest BCUT2D eigenvalue weighted by Gasteiger charge is 2.24. The molecule has 0 bridgehead atoms. The minimum absolute atomic E-state index is 0.00295. The van der Waals surface area contributed by atoms with Crippen molar-refractivity contribution in [1.29, 1.82) is 0 Å². The molecule has 2 aromatic rings. The number of alkyl halides is 1. The lowest BCUT2D eigenvalue weighted by atomic mass is 10.3. The molecule has 10 nitrogen and oxygen atoms in total. The Hall–Kier alpha value is -2.25. The Bertz CT molecular complexity index is 1390. The van der Waals surface area contributed by atoms with Gasteiger partial charge in [-0.1, -0.05) is 30.1 Å². The van der Waals surface area contributed by atoms with Crippen LogP contribution in [0.2, 0.25) is 10.0 Å². The number of carbonyl (C=O) groups excluding carboxylic acids is 2. The Morgan fingerprint density at radius 3 is 1.62 bits per heavy atom. The van der Waals surface area contributed by atoms with E-state index in [1.807, 2.05) is 0 Å². The van der Waals surface area contributed by atoms with Crippen LogP contribution in [0, 0.1) is 0 Å². The van der Waals surface area contributed by atoms with E-state index in [-0.39, 0.29) is 56.2 Å². The largest absolute Gasteiger partial charge is 0.488 e. The molecule has 2 aromatic carbocycles. The van der Waals surface area contributed by atoms with Crippen LogP contribution in [0.5, 0.6) is 11.5 Å². The van der Waals surface area contributed by atoms with E-state index in [0.29, 0.717) is 0 Å². The van der Waals surface area contributed by atoms with Crippen molar-refractivity contribution in [3.05, 3.63) is 46.4 Å². The predicted molar refractivity (Wildman–Crippen MR) is 146 cm³/mol. The number of hydrogen-bond acceptors (Lipinski definition) is 10. The number of esters is 2. The van der Waals surface area contributed by atoms with Gasteiger partial charge in [-0.05, 0) is 36.4 Å². The molecule has 15 heteroatoms.